The van der Waals surface area contributed by atoms with E-state index in [0.29, 0.717) is 18.7 Å². The Kier molecular flexibility index (Phi) is 3.94. The van der Waals surface area contributed by atoms with Crippen molar-refractivity contribution < 1.29 is 4.79 Å². The molecule has 2 aromatic rings. The lowest BCUT2D eigenvalue weighted by Crippen LogP contribution is -2.24. The van der Waals surface area contributed by atoms with Crippen LogP contribution >= 0.6 is 11.3 Å². The molecule has 5 heteroatoms. The van der Waals surface area contributed by atoms with Crippen LogP contribution in [0.3, 0.4) is 0 Å². The van der Waals surface area contributed by atoms with Crippen molar-refractivity contribution in [3.05, 3.63) is 45.9 Å². The predicted octanol–water partition coefficient (Wildman–Crippen LogP) is 1.89. The number of nitrogen functional groups attached to an aromatic ring is 1. The molecule has 0 unspecified atom stereocenters. The Labute approximate surface area is 110 Å². The minimum absolute atomic E-state index is 0.0271. The van der Waals surface area contributed by atoms with Crippen LogP contribution in [0.5, 0.6) is 0 Å². The van der Waals surface area contributed by atoms with E-state index < -0.39 is 0 Å². The molecule has 0 saturated heterocycles. The van der Waals surface area contributed by atoms with Crippen LogP contribution in [0.2, 0.25) is 0 Å². The maximum atomic E-state index is 11.8. The second-order valence-electron chi connectivity index (χ2n) is 4.01. The summed E-state index contributed by atoms with van der Waals surface area (Å²) in [7, 11) is 0. The lowest BCUT2D eigenvalue weighted by Gasteiger charge is -2.06. The summed E-state index contributed by atoms with van der Waals surface area (Å²) < 4.78 is 0. The molecular formula is C13H15N3OS. The number of carbonyl (C=O) groups excluding carboxylic acids is 1. The molecule has 0 saturated carbocycles. The Hall–Kier alpha value is -1.88. The molecule has 0 bridgehead atoms. The maximum Gasteiger partial charge on any atom is 0.224 e. The fourth-order valence-corrected chi connectivity index (χ4v) is 2.32. The first-order valence-electron chi connectivity index (χ1n) is 5.66. The van der Waals surface area contributed by atoms with Crippen molar-refractivity contribution in [1.29, 1.82) is 0 Å². The number of amides is 1. The smallest absolute Gasteiger partial charge is 0.224 e. The molecule has 1 aromatic carbocycles. The maximum absolute atomic E-state index is 11.8. The van der Waals surface area contributed by atoms with Crippen molar-refractivity contribution >= 4 is 22.9 Å². The number of aryl methyl sites for hydroxylation is 1. The number of aromatic nitrogens is 1. The van der Waals surface area contributed by atoms with Gasteiger partial charge < -0.3 is 11.1 Å². The second kappa shape index (κ2) is 5.64. The van der Waals surface area contributed by atoms with Gasteiger partial charge in [-0.2, -0.15) is 0 Å². The fourth-order valence-electron chi connectivity index (χ4n) is 1.61. The Bertz CT molecular complexity index is 551. The van der Waals surface area contributed by atoms with Gasteiger partial charge in [0.25, 0.3) is 0 Å². The number of rotatable bonds is 4. The average Bonchev–Trinajstić information content (AvgIpc) is 2.75. The number of hydrogen-bond donors (Lipinski definition) is 2. The van der Waals surface area contributed by atoms with Crippen LogP contribution in [-0.4, -0.2) is 10.9 Å². The van der Waals surface area contributed by atoms with Gasteiger partial charge in [-0.15, -0.1) is 11.3 Å². The van der Waals surface area contributed by atoms with Gasteiger partial charge in [-0.05, 0) is 18.6 Å². The van der Waals surface area contributed by atoms with Gasteiger partial charge in [0.1, 0.15) is 0 Å². The fraction of sp³-hybridized carbons (Fsp3) is 0.231. The SMILES string of the molecule is Cc1ncsc1CNC(=O)Cc1ccccc1N. The predicted molar refractivity (Wildman–Crippen MR) is 73.3 cm³/mol. The van der Waals surface area contributed by atoms with Crippen LogP contribution in [-0.2, 0) is 17.8 Å². The van der Waals surface area contributed by atoms with Crippen molar-refractivity contribution in [1.82, 2.24) is 10.3 Å². The number of carbonyl (C=O) groups is 1. The largest absolute Gasteiger partial charge is 0.398 e. The lowest BCUT2D eigenvalue weighted by molar-refractivity contribution is -0.120. The molecule has 94 valence electrons. The van der Waals surface area contributed by atoms with Gasteiger partial charge in [-0.1, -0.05) is 18.2 Å². The van der Waals surface area contributed by atoms with Gasteiger partial charge in [0, 0.05) is 10.6 Å². The van der Waals surface area contributed by atoms with Crippen molar-refractivity contribution in [2.75, 3.05) is 5.73 Å². The third-order valence-electron chi connectivity index (χ3n) is 2.70. The van der Waals surface area contributed by atoms with E-state index >= 15 is 0 Å². The minimum Gasteiger partial charge on any atom is -0.398 e. The van der Waals surface area contributed by atoms with E-state index in [1.807, 2.05) is 25.1 Å². The zero-order chi connectivity index (χ0) is 13.0. The topological polar surface area (TPSA) is 68.0 Å². The number of thiazole rings is 1. The van der Waals surface area contributed by atoms with Crippen molar-refractivity contribution in [3.63, 3.8) is 0 Å². The summed E-state index contributed by atoms with van der Waals surface area (Å²) in [5, 5.41) is 2.88. The summed E-state index contributed by atoms with van der Waals surface area (Å²) in [5.41, 5.74) is 10.1. The molecule has 0 aliphatic rings. The molecule has 0 atom stereocenters. The first-order valence-corrected chi connectivity index (χ1v) is 6.54. The number of nitrogens with two attached hydrogens (primary N) is 1. The Morgan fingerprint density at radius 1 is 1.44 bits per heavy atom. The zero-order valence-electron chi connectivity index (χ0n) is 10.1. The van der Waals surface area contributed by atoms with Gasteiger partial charge >= 0.3 is 0 Å². The number of anilines is 1. The van der Waals surface area contributed by atoms with Crippen molar-refractivity contribution in [2.24, 2.45) is 0 Å². The van der Waals surface area contributed by atoms with Gasteiger partial charge in [0.15, 0.2) is 0 Å². The van der Waals surface area contributed by atoms with E-state index in [0.717, 1.165) is 16.1 Å². The summed E-state index contributed by atoms with van der Waals surface area (Å²) in [6, 6.07) is 7.41. The summed E-state index contributed by atoms with van der Waals surface area (Å²) in [4.78, 5) is 17.0. The van der Waals surface area contributed by atoms with Crippen LogP contribution in [0, 0.1) is 6.92 Å². The highest BCUT2D eigenvalue weighted by Crippen LogP contribution is 2.13. The van der Waals surface area contributed by atoms with Crippen LogP contribution < -0.4 is 11.1 Å². The summed E-state index contributed by atoms with van der Waals surface area (Å²) in [6.45, 7) is 2.47. The van der Waals surface area contributed by atoms with Crippen LogP contribution in [0.4, 0.5) is 5.69 Å². The minimum atomic E-state index is -0.0271. The first kappa shape index (κ1) is 12.6. The zero-order valence-corrected chi connectivity index (χ0v) is 11.0. The van der Waals surface area contributed by atoms with E-state index in [9.17, 15) is 4.79 Å². The first-order chi connectivity index (χ1) is 8.66. The number of para-hydroxylation sites is 1. The molecule has 0 aliphatic heterocycles. The molecule has 1 heterocycles. The third-order valence-corrected chi connectivity index (χ3v) is 3.63. The van der Waals surface area contributed by atoms with Crippen molar-refractivity contribution in [3.8, 4) is 0 Å². The number of nitrogens with zero attached hydrogens (tertiary/aromatic N) is 1. The van der Waals surface area contributed by atoms with Crippen LogP contribution in [0.1, 0.15) is 16.1 Å². The molecule has 0 radical (unpaired) electrons. The quantitative estimate of drug-likeness (QED) is 0.826. The summed E-state index contributed by atoms with van der Waals surface area (Å²) >= 11 is 1.55. The molecule has 3 N–H and O–H groups in total. The van der Waals surface area contributed by atoms with E-state index in [-0.39, 0.29) is 5.91 Å². The monoisotopic (exact) mass is 261 g/mol. The average molecular weight is 261 g/mol. The van der Waals surface area contributed by atoms with Crippen LogP contribution in [0.15, 0.2) is 29.8 Å². The highest BCUT2D eigenvalue weighted by Gasteiger charge is 2.07. The third kappa shape index (κ3) is 3.07. The van der Waals surface area contributed by atoms with E-state index in [1.165, 1.54) is 0 Å². The van der Waals surface area contributed by atoms with E-state index in [1.54, 1.807) is 22.9 Å². The van der Waals surface area contributed by atoms with Gasteiger partial charge in [0.2, 0.25) is 5.91 Å². The molecule has 0 spiro atoms. The Morgan fingerprint density at radius 2 is 2.22 bits per heavy atom. The van der Waals surface area contributed by atoms with Gasteiger partial charge in [-0.25, -0.2) is 4.98 Å². The molecule has 0 aliphatic carbocycles. The van der Waals surface area contributed by atoms with Gasteiger partial charge in [-0.3, -0.25) is 4.79 Å². The number of hydrogen-bond acceptors (Lipinski definition) is 4. The highest BCUT2D eigenvalue weighted by atomic mass is 32.1. The van der Waals surface area contributed by atoms with E-state index in [2.05, 4.69) is 10.3 Å². The van der Waals surface area contributed by atoms with Gasteiger partial charge in [0.05, 0.1) is 24.2 Å². The number of nitrogens with one attached hydrogen (secondary N) is 1. The summed E-state index contributed by atoms with van der Waals surface area (Å²) in [6.07, 6.45) is 0.310. The van der Waals surface area contributed by atoms with Crippen molar-refractivity contribution in [2.45, 2.75) is 19.9 Å². The number of benzene rings is 1. The standard InChI is InChI=1S/C13H15N3OS/c1-9-12(18-8-16-9)7-15-13(17)6-10-4-2-3-5-11(10)14/h2-5,8H,6-7,14H2,1H3,(H,15,17). The molecule has 1 aromatic heterocycles. The molecule has 2 rings (SSSR count). The molecular weight excluding hydrogens is 246 g/mol. The highest BCUT2D eigenvalue weighted by molar-refractivity contribution is 7.09. The lowest BCUT2D eigenvalue weighted by atomic mass is 10.1. The molecule has 0 fully saturated rings. The Morgan fingerprint density at radius 3 is 2.89 bits per heavy atom. The Balaban J connectivity index is 1.90. The second-order valence-corrected chi connectivity index (χ2v) is 4.95. The molecule has 4 nitrogen and oxygen atoms in total. The molecule has 1 amide bonds. The van der Waals surface area contributed by atoms with E-state index in [4.69, 9.17) is 5.73 Å². The van der Waals surface area contributed by atoms with Crippen LogP contribution in [0.25, 0.3) is 0 Å². The molecule has 18 heavy (non-hydrogen) atoms. The normalized spacial score (nSPS) is 10.3. The summed E-state index contributed by atoms with van der Waals surface area (Å²) in [5.74, 6) is -0.0271.